The van der Waals surface area contributed by atoms with Gasteiger partial charge in [0.05, 0.1) is 26.2 Å². The van der Waals surface area contributed by atoms with Crippen LogP contribution in [0.5, 0.6) is 0 Å². The van der Waals surface area contributed by atoms with Crippen molar-refractivity contribution in [2.75, 3.05) is 19.8 Å². The Kier molecular flexibility index (Phi) is 13.5. The molecule has 41 heavy (non-hydrogen) atoms. The molecule has 1 aromatic carbocycles. The van der Waals surface area contributed by atoms with Gasteiger partial charge in [-0.25, -0.2) is 0 Å². The van der Waals surface area contributed by atoms with E-state index in [4.69, 9.17) is 9.47 Å². The second-order valence-corrected chi connectivity index (χ2v) is 11.1. The van der Waals surface area contributed by atoms with Crippen LogP contribution in [0.3, 0.4) is 0 Å². The minimum atomic E-state index is -1.32. The minimum Gasteiger partial charge on any atom is -0.465 e. The molecule has 1 aromatic heterocycles. The van der Waals surface area contributed by atoms with Crippen molar-refractivity contribution in [2.45, 2.75) is 70.6 Å². The van der Waals surface area contributed by atoms with Crippen molar-refractivity contribution in [3.05, 3.63) is 58.3 Å². The number of ether oxygens (including phenoxy) is 2. The van der Waals surface area contributed by atoms with Gasteiger partial charge in [0.15, 0.2) is 0 Å². The number of carbonyl (C=O) groups is 5. The zero-order valence-corrected chi connectivity index (χ0v) is 24.2. The van der Waals surface area contributed by atoms with E-state index in [2.05, 4.69) is 16.0 Å². The van der Waals surface area contributed by atoms with Crippen molar-refractivity contribution >= 4 is 40.8 Å². The Labute approximate surface area is 244 Å². The number of nitrogens with one attached hydrogen (secondary N) is 3. The van der Waals surface area contributed by atoms with Gasteiger partial charge in [-0.05, 0) is 36.3 Å². The fraction of sp³-hybridized carbons (Fsp3) is 0.500. The van der Waals surface area contributed by atoms with E-state index in [1.165, 1.54) is 11.3 Å². The average molecular weight is 586 g/mol. The molecule has 0 saturated heterocycles. The Morgan fingerprint density at radius 3 is 2.39 bits per heavy atom. The Hall–Kier alpha value is -3.57. The first-order valence-corrected chi connectivity index (χ1v) is 14.9. The van der Waals surface area contributed by atoms with Crippen LogP contribution in [0.1, 0.15) is 55.9 Å². The second-order valence-electron chi connectivity index (χ2n) is 10.0. The van der Waals surface area contributed by atoms with Crippen molar-refractivity contribution in [1.82, 2.24) is 16.0 Å². The highest BCUT2D eigenvalue weighted by atomic mass is 32.1. The number of esters is 1. The van der Waals surface area contributed by atoms with Gasteiger partial charge in [0.1, 0.15) is 18.6 Å². The van der Waals surface area contributed by atoms with Crippen LogP contribution in [0.2, 0.25) is 0 Å². The van der Waals surface area contributed by atoms with Crippen molar-refractivity contribution in [2.24, 2.45) is 5.92 Å². The van der Waals surface area contributed by atoms with Gasteiger partial charge in [0.25, 0.3) is 5.91 Å². The highest BCUT2D eigenvalue weighted by Crippen LogP contribution is 2.27. The maximum atomic E-state index is 13.5. The summed E-state index contributed by atoms with van der Waals surface area (Å²) in [7, 11) is 0. The van der Waals surface area contributed by atoms with Gasteiger partial charge in [-0.15, -0.1) is 11.3 Å². The van der Waals surface area contributed by atoms with E-state index in [9.17, 15) is 24.0 Å². The van der Waals surface area contributed by atoms with Crippen LogP contribution in [-0.4, -0.2) is 61.3 Å². The maximum absolute atomic E-state index is 13.5. The summed E-state index contributed by atoms with van der Waals surface area (Å²) in [6.07, 6.45) is 5.78. The lowest BCUT2D eigenvalue weighted by molar-refractivity contribution is -0.146. The normalized spacial score (nSPS) is 14.9. The van der Waals surface area contributed by atoms with E-state index >= 15 is 0 Å². The minimum absolute atomic E-state index is 0.134. The number of ketones is 1. The molecule has 2 atom stereocenters. The molecule has 10 nitrogen and oxygen atoms in total. The number of benzene rings is 1. The number of rotatable bonds is 16. The van der Waals surface area contributed by atoms with Crippen LogP contribution in [0, 0.1) is 5.92 Å². The zero-order chi connectivity index (χ0) is 29.5. The largest absolute Gasteiger partial charge is 0.465 e. The molecule has 1 fully saturated rings. The third-order valence-electron chi connectivity index (χ3n) is 6.81. The highest BCUT2D eigenvalue weighted by molar-refractivity contribution is 7.10. The third-order valence-corrected chi connectivity index (χ3v) is 7.69. The number of thiophene rings is 1. The summed E-state index contributed by atoms with van der Waals surface area (Å²) < 4.78 is 10.5. The van der Waals surface area contributed by atoms with Crippen LogP contribution < -0.4 is 16.0 Å². The lowest BCUT2D eigenvalue weighted by atomic mass is 9.84. The molecule has 1 heterocycles. The van der Waals surface area contributed by atoms with Gasteiger partial charge in [0.2, 0.25) is 17.6 Å². The summed E-state index contributed by atoms with van der Waals surface area (Å²) in [5, 5.41) is 9.63. The Balaban J connectivity index is 1.70. The predicted octanol–water partition coefficient (Wildman–Crippen LogP) is 2.70. The van der Waals surface area contributed by atoms with Gasteiger partial charge in [-0.3, -0.25) is 24.0 Å². The third kappa shape index (κ3) is 11.4. The molecule has 1 saturated carbocycles. The van der Waals surface area contributed by atoms with Crippen molar-refractivity contribution in [3.8, 4) is 0 Å². The summed E-state index contributed by atoms with van der Waals surface area (Å²) in [6, 6.07) is 10.8. The van der Waals surface area contributed by atoms with Crippen LogP contribution in [0.25, 0.3) is 0 Å². The standard InChI is InChI=1S/C30H39N3O7S/c1-2-40-27(35)18-31-30(38)28(36)25(20-39-19-22-12-7-4-8-13-22)33-29(37)24(16-21-10-5-3-6-11-21)32-26(34)17-23-14-9-15-41-23/h4,7-9,12-15,21,24-25H,2-3,5-6,10-11,16-20H2,1H3,(H,31,38)(H,32,34)(H,33,37). The molecule has 0 radical (unpaired) electrons. The van der Waals surface area contributed by atoms with Gasteiger partial charge < -0.3 is 25.4 Å². The summed E-state index contributed by atoms with van der Waals surface area (Å²) >= 11 is 1.46. The van der Waals surface area contributed by atoms with E-state index in [1.54, 1.807) is 6.92 Å². The molecular weight excluding hydrogens is 546 g/mol. The summed E-state index contributed by atoms with van der Waals surface area (Å²) in [5.41, 5.74) is 0.854. The molecule has 3 rings (SSSR count). The summed E-state index contributed by atoms with van der Waals surface area (Å²) in [5.74, 6) is -3.28. The molecule has 3 amide bonds. The first-order valence-electron chi connectivity index (χ1n) is 14.1. The van der Waals surface area contributed by atoms with Crippen LogP contribution in [0.4, 0.5) is 0 Å². The Morgan fingerprint density at radius 1 is 0.951 bits per heavy atom. The molecule has 2 aromatic rings. The number of carbonyl (C=O) groups excluding carboxylic acids is 5. The van der Waals surface area contributed by atoms with Gasteiger partial charge in [-0.1, -0.05) is 68.5 Å². The fourth-order valence-corrected chi connectivity index (χ4v) is 5.44. The molecule has 1 aliphatic carbocycles. The quantitative estimate of drug-likeness (QED) is 0.203. The number of amides is 3. The lowest BCUT2D eigenvalue weighted by Gasteiger charge is -2.28. The molecule has 11 heteroatoms. The Bertz CT molecular complexity index is 1130. The fourth-order valence-electron chi connectivity index (χ4n) is 4.74. The topological polar surface area (TPSA) is 140 Å². The van der Waals surface area contributed by atoms with E-state index in [1.807, 2.05) is 47.8 Å². The van der Waals surface area contributed by atoms with Crippen molar-refractivity contribution < 1.29 is 33.4 Å². The molecule has 222 valence electrons. The number of hydrogen-bond acceptors (Lipinski definition) is 8. The van der Waals surface area contributed by atoms with Gasteiger partial charge in [-0.2, -0.15) is 0 Å². The second kappa shape index (κ2) is 17.3. The molecule has 3 N–H and O–H groups in total. The predicted molar refractivity (Wildman–Crippen MR) is 154 cm³/mol. The summed E-state index contributed by atoms with van der Waals surface area (Å²) in [6.45, 7) is 1.17. The lowest BCUT2D eigenvalue weighted by Crippen LogP contribution is -2.56. The summed E-state index contributed by atoms with van der Waals surface area (Å²) in [4.78, 5) is 64.6. The van der Waals surface area contributed by atoms with E-state index in [0.717, 1.165) is 42.5 Å². The molecule has 0 bridgehead atoms. The van der Waals surface area contributed by atoms with Crippen molar-refractivity contribution in [1.29, 1.82) is 0 Å². The van der Waals surface area contributed by atoms with Gasteiger partial charge in [0, 0.05) is 4.88 Å². The van der Waals surface area contributed by atoms with Crippen LogP contribution in [-0.2, 0) is 46.5 Å². The van der Waals surface area contributed by atoms with Gasteiger partial charge >= 0.3 is 5.97 Å². The smallest absolute Gasteiger partial charge is 0.325 e. The average Bonchev–Trinajstić information content (AvgIpc) is 3.48. The molecule has 2 unspecified atom stereocenters. The molecular formula is C30H39N3O7S. The molecule has 1 aliphatic rings. The van der Waals surface area contributed by atoms with E-state index < -0.39 is 42.2 Å². The number of Topliss-reactive ketones (excluding diaryl/α,β-unsaturated/α-hetero) is 1. The zero-order valence-electron chi connectivity index (χ0n) is 23.4. The molecule has 0 aliphatic heterocycles. The van der Waals surface area contributed by atoms with E-state index in [-0.39, 0.29) is 38.1 Å². The maximum Gasteiger partial charge on any atom is 0.325 e. The highest BCUT2D eigenvalue weighted by Gasteiger charge is 2.32. The first kappa shape index (κ1) is 32.0. The molecule has 0 spiro atoms. The van der Waals surface area contributed by atoms with Crippen LogP contribution >= 0.6 is 11.3 Å². The number of hydrogen-bond donors (Lipinski definition) is 3. The van der Waals surface area contributed by atoms with E-state index in [0.29, 0.717) is 6.42 Å². The van der Waals surface area contributed by atoms with Crippen molar-refractivity contribution in [3.63, 3.8) is 0 Å². The van der Waals surface area contributed by atoms with Crippen LogP contribution in [0.15, 0.2) is 47.8 Å². The monoisotopic (exact) mass is 585 g/mol. The SMILES string of the molecule is CCOC(=O)CNC(=O)C(=O)C(COCc1ccccc1)NC(=O)C(CC1CCCCC1)NC(=O)Cc1cccs1. The Morgan fingerprint density at radius 2 is 1.71 bits per heavy atom. The first-order chi connectivity index (χ1) is 19.9.